The molecule has 0 spiro atoms. The van der Waals surface area contributed by atoms with E-state index >= 15 is 0 Å². The van der Waals surface area contributed by atoms with Crippen molar-refractivity contribution in [2.24, 2.45) is 0 Å². The third-order valence-corrected chi connectivity index (χ3v) is 4.82. The summed E-state index contributed by atoms with van der Waals surface area (Å²) in [5, 5.41) is 12.4. The third kappa shape index (κ3) is 5.81. The predicted octanol–water partition coefficient (Wildman–Crippen LogP) is 1.91. The molecule has 1 aromatic rings. The van der Waals surface area contributed by atoms with E-state index in [4.69, 9.17) is 4.74 Å². The molecule has 0 saturated heterocycles. The fraction of sp³-hybridized carbons (Fsp3) is 0.533. The highest BCUT2D eigenvalue weighted by Crippen LogP contribution is 2.22. The molecule has 1 aromatic carbocycles. The number of hydrogen-bond donors (Lipinski definition) is 3. The van der Waals surface area contributed by atoms with Crippen LogP contribution in [0.15, 0.2) is 23.1 Å². The molecule has 0 saturated carbocycles. The minimum Gasteiger partial charge on any atom is -0.478 e. The van der Waals surface area contributed by atoms with Gasteiger partial charge in [-0.25, -0.2) is 17.9 Å². The number of ether oxygens (including phenoxy) is 1. The smallest absolute Gasteiger partial charge is 0.337 e. The lowest BCUT2D eigenvalue weighted by Crippen LogP contribution is -2.26. The lowest BCUT2D eigenvalue weighted by atomic mass is 10.1. The van der Waals surface area contributed by atoms with E-state index in [1.165, 1.54) is 25.3 Å². The van der Waals surface area contributed by atoms with Crippen molar-refractivity contribution in [1.29, 1.82) is 0 Å². The van der Waals surface area contributed by atoms with Crippen LogP contribution in [-0.4, -0.2) is 45.8 Å². The Morgan fingerprint density at radius 3 is 2.65 bits per heavy atom. The van der Waals surface area contributed by atoms with E-state index < -0.39 is 16.0 Å². The summed E-state index contributed by atoms with van der Waals surface area (Å²) in [6.45, 7) is 4.57. The maximum absolute atomic E-state index is 12.2. The maximum Gasteiger partial charge on any atom is 0.337 e. The highest BCUT2D eigenvalue weighted by atomic mass is 32.2. The number of benzene rings is 1. The second-order valence-electron chi connectivity index (χ2n) is 5.21. The predicted molar refractivity (Wildman–Crippen MR) is 88.5 cm³/mol. The Kier molecular flexibility index (Phi) is 7.47. The monoisotopic (exact) mass is 344 g/mol. The zero-order valence-electron chi connectivity index (χ0n) is 13.6. The Morgan fingerprint density at radius 1 is 1.39 bits per heavy atom. The Morgan fingerprint density at radius 2 is 2.09 bits per heavy atom. The highest BCUT2D eigenvalue weighted by molar-refractivity contribution is 7.89. The second-order valence-corrected chi connectivity index (χ2v) is 6.98. The molecule has 0 aliphatic heterocycles. The topological polar surface area (TPSA) is 105 Å². The van der Waals surface area contributed by atoms with Crippen molar-refractivity contribution in [1.82, 2.24) is 4.72 Å². The van der Waals surface area contributed by atoms with E-state index in [-0.39, 0.29) is 23.0 Å². The average Bonchev–Trinajstić information content (AvgIpc) is 2.51. The number of nitrogens with one attached hydrogen (secondary N) is 2. The number of anilines is 1. The first-order valence-electron chi connectivity index (χ1n) is 7.44. The van der Waals surface area contributed by atoms with Crippen molar-refractivity contribution in [2.45, 2.75) is 37.6 Å². The minimum absolute atomic E-state index is 0.0648. The Hall–Kier alpha value is -1.64. The van der Waals surface area contributed by atoms with Crippen molar-refractivity contribution >= 4 is 21.7 Å². The lowest BCUT2D eigenvalue weighted by molar-refractivity contribution is 0.0697. The van der Waals surface area contributed by atoms with Gasteiger partial charge in [-0.2, -0.15) is 0 Å². The van der Waals surface area contributed by atoms with E-state index in [1.807, 2.05) is 13.8 Å². The van der Waals surface area contributed by atoms with Crippen LogP contribution in [0.2, 0.25) is 0 Å². The number of carbonyl (C=O) groups is 1. The standard InChI is InChI=1S/C15H24N2O5S/c1-4-11(2)17-14-7-6-12(10-13(14)15(18)19)23(20,21)16-8-5-9-22-3/h6-7,10-11,16-17H,4-5,8-9H2,1-3H3,(H,18,19)/t11-/m1/s1. The Bertz CT molecular complexity index is 631. The maximum atomic E-state index is 12.2. The van der Waals surface area contributed by atoms with Gasteiger partial charge in [0.05, 0.1) is 10.5 Å². The molecule has 0 aromatic heterocycles. The summed E-state index contributed by atoms with van der Waals surface area (Å²) in [4.78, 5) is 11.3. The molecule has 7 nitrogen and oxygen atoms in total. The zero-order chi connectivity index (χ0) is 17.5. The first-order chi connectivity index (χ1) is 10.8. The van der Waals surface area contributed by atoms with Crippen LogP contribution in [-0.2, 0) is 14.8 Å². The van der Waals surface area contributed by atoms with Crippen LogP contribution in [0, 0.1) is 0 Å². The fourth-order valence-corrected chi connectivity index (χ4v) is 2.97. The summed E-state index contributed by atoms with van der Waals surface area (Å²) in [6.07, 6.45) is 1.36. The largest absolute Gasteiger partial charge is 0.478 e. The summed E-state index contributed by atoms with van der Waals surface area (Å²) >= 11 is 0. The Labute approximate surface area is 137 Å². The number of sulfonamides is 1. The van der Waals surface area contributed by atoms with Crippen LogP contribution in [0.3, 0.4) is 0 Å². The number of aromatic carboxylic acids is 1. The van der Waals surface area contributed by atoms with E-state index in [9.17, 15) is 18.3 Å². The van der Waals surface area contributed by atoms with E-state index in [2.05, 4.69) is 10.0 Å². The first-order valence-corrected chi connectivity index (χ1v) is 8.92. The fourth-order valence-electron chi connectivity index (χ4n) is 1.87. The molecule has 0 fully saturated rings. The number of methoxy groups -OCH3 is 1. The summed E-state index contributed by atoms with van der Waals surface area (Å²) < 4.78 is 31.7. The molecule has 0 unspecified atom stereocenters. The third-order valence-electron chi connectivity index (χ3n) is 3.36. The molecule has 1 rings (SSSR count). The van der Waals surface area contributed by atoms with Gasteiger partial charge < -0.3 is 15.2 Å². The molecule has 0 amide bonds. The van der Waals surface area contributed by atoms with Crippen molar-refractivity contribution in [3.8, 4) is 0 Å². The van der Waals surface area contributed by atoms with Gasteiger partial charge in [0, 0.05) is 32.0 Å². The summed E-state index contributed by atoms with van der Waals surface area (Å²) in [7, 11) is -2.21. The van der Waals surface area contributed by atoms with Crippen LogP contribution in [0.1, 0.15) is 37.0 Å². The van der Waals surface area contributed by atoms with Crippen molar-refractivity contribution in [3.63, 3.8) is 0 Å². The van der Waals surface area contributed by atoms with Gasteiger partial charge in [-0.1, -0.05) is 6.92 Å². The minimum atomic E-state index is -3.74. The van der Waals surface area contributed by atoms with Crippen molar-refractivity contribution < 1.29 is 23.1 Å². The van der Waals surface area contributed by atoms with E-state index in [0.29, 0.717) is 18.7 Å². The molecule has 0 aliphatic carbocycles. The van der Waals surface area contributed by atoms with Crippen molar-refractivity contribution in [2.75, 3.05) is 25.6 Å². The van der Waals surface area contributed by atoms with Gasteiger partial charge in [-0.15, -0.1) is 0 Å². The van der Waals surface area contributed by atoms with Crippen LogP contribution in [0.4, 0.5) is 5.69 Å². The van der Waals surface area contributed by atoms with Crippen LogP contribution < -0.4 is 10.0 Å². The molecular weight excluding hydrogens is 320 g/mol. The molecule has 3 N–H and O–H groups in total. The van der Waals surface area contributed by atoms with Gasteiger partial charge in [0.1, 0.15) is 0 Å². The number of hydrogen-bond acceptors (Lipinski definition) is 5. The van der Waals surface area contributed by atoms with Gasteiger partial charge in [0.2, 0.25) is 10.0 Å². The summed E-state index contributed by atoms with van der Waals surface area (Å²) in [6, 6.07) is 4.14. The molecule has 8 heteroatoms. The molecule has 1 atom stereocenters. The number of rotatable bonds is 10. The molecule has 0 aliphatic rings. The summed E-state index contributed by atoms with van der Waals surface area (Å²) in [5.74, 6) is -1.17. The average molecular weight is 344 g/mol. The first kappa shape index (κ1) is 19.4. The molecule has 0 bridgehead atoms. The highest BCUT2D eigenvalue weighted by Gasteiger charge is 2.19. The Balaban J connectivity index is 3.00. The lowest BCUT2D eigenvalue weighted by Gasteiger charge is -2.16. The summed E-state index contributed by atoms with van der Waals surface area (Å²) in [5.41, 5.74) is 0.343. The van der Waals surface area contributed by atoms with Crippen LogP contribution in [0.25, 0.3) is 0 Å². The van der Waals surface area contributed by atoms with Crippen molar-refractivity contribution in [3.05, 3.63) is 23.8 Å². The normalized spacial score (nSPS) is 12.8. The molecule has 0 radical (unpaired) electrons. The van der Waals surface area contributed by atoms with Gasteiger partial charge in [-0.3, -0.25) is 0 Å². The van der Waals surface area contributed by atoms with E-state index in [1.54, 1.807) is 0 Å². The van der Waals surface area contributed by atoms with Crippen LogP contribution in [0.5, 0.6) is 0 Å². The van der Waals surface area contributed by atoms with E-state index in [0.717, 1.165) is 6.42 Å². The molecule has 0 heterocycles. The number of carboxylic acids is 1. The second kappa shape index (κ2) is 8.85. The van der Waals surface area contributed by atoms with Gasteiger partial charge in [0.25, 0.3) is 0 Å². The molecule has 23 heavy (non-hydrogen) atoms. The zero-order valence-corrected chi connectivity index (χ0v) is 14.4. The van der Waals surface area contributed by atoms with Crippen LogP contribution >= 0.6 is 0 Å². The van der Waals surface area contributed by atoms with Gasteiger partial charge in [-0.05, 0) is 38.0 Å². The van der Waals surface area contributed by atoms with Gasteiger partial charge >= 0.3 is 5.97 Å². The molecular formula is C15H24N2O5S. The number of carboxylic acid groups (broad SMARTS) is 1. The molecule has 130 valence electrons. The van der Waals surface area contributed by atoms with Gasteiger partial charge in [0.15, 0.2) is 0 Å². The SMILES string of the molecule is CC[C@@H](C)Nc1ccc(S(=O)(=O)NCCCOC)cc1C(=O)O. The quantitative estimate of drug-likeness (QED) is 0.560.